The van der Waals surface area contributed by atoms with E-state index in [9.17, 15) is 0 Å². The van der Waals surface area contributed by atoms with Crippen LogP contribution in [0.2, 0.25) is 5.02 Å². The van der Waals surface area contributed by atoms with Crippen molar-refractivity contribution in [3.05, 3.63) is 28.8 Å². The summed E-state index contributed by atoms with van der Waals surface area (Å²) in [5, 5.41) is 0.694. The summed E-state index contributed by atoms with van der Waals surface area (Å²) in [5.74, 6) is 0.819. The molecule has 0 amide bonds. The zero-order chi connectivity index (χ0) is 12.1. The number of rotatable bonds is 5. The molecule has 0 fully saturated rings. The van der Waals surface area contributed by atoms with E-state index in [0.717, 1.165) is 11.3 Å². The average molecular weight is 259 g/mol. The van der Waals surface area contributed by atoms with Crippen molar-refractivity contribution in [2.75, 3.05) is 20.7 Å². The lowest BCUT2D eigenvalue weighted by Crippen LogP contribution is -2.29. The fourth-order valence-corrected chi connectivity index (χ4v) is 1.90. The third-order valence-electron chi connectivity index (χ3n) is 2.11. The number of ether oxygens (including phenoxy) is 1. The van der Waals surface area contributed by atoms with Gasteiger partial charge in [0.1, 0.15) is 5.75 Å². The number of nitrogens with zero attached hydrogens (tertiary/aromatic N) is 1. The lowest BCUT2D eigenvalue weighted by Gasteiger charge is -2.17. The van der Waals surface area contributed by atoms with Crippen LogP contribution in [0, 0.1) is 0 Å². The molecule has 0 aliphatic heterocycles. The van der Waals surface area contributed by atoms with Gasteiger partial charge in [0.2, 0.25) is 0 Å². The highest BCUT2D eigenvalue weighted by Gasteiger charge is 2.07. The molecular formula is C11H15ClN2OS. The largest absolute Gasteiger partial charge is 0.496 e. The number of nitrogens with two attached hydrogens (primary N) is 1. The van der Waals surface area contributed by atoms with Crippen molar-refractivity contribution in [3.8, 4) is 5.75 Å². The summed E-state index contributed by atoms with van der Waals surface area (Å²) >= 11 is 10.8. The van der Waals surface area contributed by atoms with Crippen LogP contribution in [-0.4, -0.2) is 30.6 Å². The molecule has 0 saturated heterocycles. The molecule has 1 aromatic rings. The average Bonchev–Trinajstić information content (AvgIpc) is 2.16. The molecule has 0 atom stereocenters. The molecular weight excluding hydrogens is 244 g/mol. The molecule has 0 heterocycles. The van der Waals surface area contributed by atoms with E-state index in [4.69, 9.17) is 34.3 Å². The van der Waals surface area contributed by atoms with Crippen molar-refractivity contribution >= 4 is 28.8 Å². The van der Waals surface area contributed by atoms with E-state index in [1.165, 1.54) is 0 Å². The second-order valence-corrected chi connectivity index (χ2v) is 4.56. The van der Waals surface area contributed by atoms with E-state index < -0.39 is 0 Å². The van der Waals surface area contributed by atoms with E-state index in [2.05, 4.69) is 0 Å². The normalized spacial score (nSPS) is 10.5. The van der Waals surface area contributed by atoms with E-state index in [1.54, 1.807) is 13.2 Å². The molecule has 0 aliphatic rings. The first-order valence-electron chi connectivity index (χ1n) is 4.82. The second-order valence-electron chi connectivity index (χ2n) is 3.59. The number of methoxy groups -OCH3 is 1. The Hall–Kier alpha value is -0.840. The van der Waals surface area contributed by atoms with Gasteiger partial charge in [-0.1, -0.05) is 23.8 Å². The minimum atomic E-state index is 0.475. The maximum atomic E-state index is 5.94. The quantitative estimate of drug-likeness (QED) is 0.821. The zero-order valence-corrected chi connectivity index (χ0v) is 10.9. The van der Waals surface area contributed by atoms with Crippen molar-refractivity contribution in [1.82, 2.24) is 4.90 Å². The Morgan fingerprint density at radius 1 is 1.56 bits per heavy atom. The Bertz CT molecular complexity index is 384. The van der Waals surface area contributed by atoms with Crippen LogP contribution in [0.15, 0.2) is 18.2 Å². The first-order valence-corrected chi connectivity index (χ1v) is 5.61. The molecule has 1 aromatic carbocycles. The summed E-state index contributed by atoms with van der Waals surface area (Å²) in [4.78, 5) is 2.49. The molecule has 3 nitrogen and oxygen atoms in total. The van der Waals surface area contributed by atoms with E-state index >= 15 is 0 Å². The minimum Gasteiger partial charge on any atom is -0.496 e. The predicted octanol–water partition coefficient (Wildman–Crippen LogP) is 2.07. The molecule has 0 spiro atoms. The van der Waals surface area contributed by atoms with Crippen LogP contribution in [-0.2, 0) is 6.54 Å². The summed E-state index contributed by atoms with van der Waals surface area (Å²) in [6, 6.07) is 5.54. The van der Waals surface area contributed by atoms with Crippen molar-refractivity contribution in [3.63, 3.8) is 0 Å². The van der Waals surface area contributed by atoms with Crippen LogP contribution in [0.4, 0.5) is 0 Å². The van der Waals surface area contributed by atoms with E-state index in [1.807, 2.05) is 24.1 Å². The maximum absolute atomic E-state index is 5.94. The predicted molar refractivity (Wildman–Crippen MR) is 71.1 cm³/mol. The van der Waals surface area contributed by atoms with Gasteiger partial charge in [-0.3, -0.25) is 4.90 Å². The van der Waals surface area contributed by atoms with Crippen LogP contribution >= 0.6 is 23.8 Å². The van der Waals surface area contributed by atoms with Gasteiger partial charge in [0.25, 0.3) is 0 Å². The summed E-state index contributed by atoms with van der Waals surface area (Å²) in [5.41, 5.74) is 6.50. The number of benzene rings is 1. The molecule has 0 bridgehead atoms. The molecule has 1 rings (SSSR count). The number of likely N-dealkylation sites (N-methyl/N-ethyl adjacent to an activating group) is 1. The monoisotopic (exact) mass is 258 g/mol. The molecule has 0 saturated carbocycles. The highest BCUT2D eigenvalue weighted by Crippen LogP contribution is 2.23. The van der Waals surface area contributed by atoms with Gasteiger partial charge < -0.3 is 10.5 Å². The number of halogens is 1. The molecule has 16 heavy (non-hydrogen) atoms. The van der Waals surface area contributed by atoms with Crippen molar-refractivity contribution in [2.24, 2.45) is 5.73 Å². The van der Waals surface area contributed by atoms with Gasteiger partial charge in [-0.15, -0.1) is 0 Å². The SMILES string of the molecule is COc1ccc(Cl)cc1CN(C)CC(N)=S. The topological polar surface area (TPSA) is 38.5 Å². The molecule has 0 aliphatic carbocycles. The van der Waals surface area contributed by atoms with Gasteiger partial charge in [0, 0.05) is 23.7 Å². The summed E-state index contributed by atoms with van der Waals surface area (Å²) in [6.07, 6.45) is 0. The van der Waals surface area contributed by atoms with Crippen molar-refractivity contribution in [2.45, 2.75) is 6.54 Å². The van der Waals surface area contributed by atoms with Crippen LogP contribution in [0.5, 0.6) is 5.75 Å². The molecule has 2 N–H and O–H groups in total. The Morgan fingerprint density at radius 3 is 2.81 bits per heavy atom. The van der Waals surface area contributed by atoms with Crippen LogP contribution in [0.25, 0.3) is 0 Å². The van der Waals surface area contributed by atoms with E-state index in [0.29, 0.717) is 23.1 Å². The lowest BCUT2D eigenvalue weighted by molar-refractivity contribution is 0.355. The number of hydrogen-bond acceptors (Lipinski definition) is 3. The van der Waals surface area contributed by atoms with Crippen molar-refractivity contribution < 1.29 is 4.74 Å². The fourth-order valence-electron chi connectivity index (χ4n) is 1.48. The van der Waals surface area contributed by atoms with Crippen LogP contribution < -0.4 is 10.5 Å². The molecule has 0 aromatic heterocycles. The highest BCUT2D eigenvalue weighted by atomic mass is 35.5. The molecule has 0 unspecified atom stereocenters. The van der Waals surface area contributed by atoms with Gasteiger partial charge in [-0.25, -0.2) is 0 Å². The van der Waals surface area contributed by atoms with Crippen LogP contribution in [0.1, 0.15) is 5.56 Å². The minimum absolute atomic E-state index is 0.475. The molecule has 88 valence electrons. The number of hydrogen-bond donors (Lipinski definition) is 1. The third-order valence-corrected chi connectivity index (χ3v) is 2.47. The Balaban J connectivity index is 2.78. The Kier molecular flexibility index (Phi) is 4.99. The Morgan fingerprint density at radius 2 is 2.25 bits per heavy atom. The fraction of sp³-hybridized carbons (Fsp3) is 0.364. The number of thiocarbonyl (C=S) groups is 1. The molecule has 0 radical (unpaired) electrons. The third kappa shape index (κ3) is 3.96. The van der Waals surface area contributed by atoms with Gasteiger partial charge in [-0.05, 0) is 25.2 Å². The molecule has 5 heteroatoms. The summed E-state index contributed by atoms with van der Waals surface area (Å²) in [6.45, 7) is 1.27. The first kappa shape index (κ1) is 13.2. The van der Waals surface area contributed by atoms with Crippen LogP contribution in [0.3, 0.4) is 0 Å². The van der Waals surface area contributed by atoms with Gasteiger partial charge in [0.15, 0.2) is 0 Å². The van der Waals surface area contributed by atoms with Gasteiger partial charge in [-0.2, -0.15) is 0 Å². The first-order chi connectivity index (χ1) is 7.52. The second kappa shape index (κ2) is 6.03. The van der Waals surface area contributed by atoms with Crippen molar-refractivity contribution in [1.29, 1.82) is 0 Å². The van der Waals surface area contributed by atoms with Gasteiger partial charge in [0.05, 0.1) is 12.1 Å². The lowest BCUT2D eigenvalue weighted by atomic mass is 10.2. The Labute approximate surface area is 106 Å². The summed E-state index contributed by atoms with van der Waals surface area (Å²) in [7, 11) is 3.58. The summed E-state index contributed by atoms with van der Waals surface area (Å²) < 4.78 is 5.26. The van der Waals surface area contributed by atoms with Gasteiger partial charge >= 0.3 is 0 Å². The standard InChI is InChI=1S/C11H15ClN2OS/c1-14(7-11(13)16)6-8-5-9(12)3-4-10(8)15-2/h3-5H,6-7H2,1-2H3,(H2,13,16). The maximum Gasteiger partial charge on any atom is 0.123 e. The van der Waals surface area contributed by atoms with E-state index in [-0.39, 0.29) is 0 Å². The highest BCUT2D eigenvalue weighted by molar-refractivity contribution is 7.80. The smallest absolute Gasteiger partial charge is 0.123 e. The zero-order valence-electron chi connectivity index (χ0n) is 9.37.